The summed E-state index contributed by atoms with van der Waals surface area (Å²) in [5.41, 5.74) is 1.16. The molecule has 0 saturated carbocycles. The largest absolute Gasteiger partial charge is 0.497 e. The monoisotopic (exact) mass is 223 g/mol. The van der Waals surface area contributed by atoms with E-state index in [1.165, 1.54) is 0 Å². The Labute approximate surface area is 97.8 Å². The average Bonchev–Trinajstić information content (AvgIpc) is 2.35. The fraction of sp³-hybridized carbons (Fsp3) is 0.538. The summed E-state index contributed by atoms with van der Waals surface area (Å²) in [6, 6.07) is 6.22. The second-order valence-corrected chi connectivity index (χ2v) is 3.63. The van der Waals surface area contributed by atoms with Crippen molar-refractivity contribution in [3.63, 3.8) is 0 Å². The van der Waals surface area contributed by atoms with E-state index < -0.39 is 0 Å². The molecule has 0 heterocycles. The Bertz CT molecular complexity index is 326. The number of hydrogen-bond donors (Lipinski definition) is 1. The highest BCUT2D eigenvalue weighted by molar-refractivity contribution is 5.42. The minimum Gasteiger partial charge on any atom is -0.497 e. The quantitative estimate of drug-likeness (QED) is 0.804. The van der Waals surface area contributed by atoms with E-state index in [4.69, 9.17) is 9.47 Å². The minimum atomic E-state index is 0.315. The van der Waals surface area contributed by atoms with Crippen molar-refractivity contribution in [1.29, 1.82) is 0 Å². The van der Waals surface area contributed by atoms with Crippen LogP contribution >= 0.6 is 0 Å². The Balaban J connectivity index is 3.05. The third kappa shape index (κ3) is 2.89. The second-order valence-electron chi connectivity index (χ2n) is 3.63. The number of methoxy groups -OCH3 is 2. The van der Waals surface area contributed by atoms with E-state index in [1.807, 2.05) is 18.2 Å². The fourth-order valence-corrected chi connectivity index (χ4v) is 1.83. The van der Waals surface area contributed by atoms with Crippen LogP contribution in [0.1, 0.15) is 31.9 Å². The number of hydrogen-bond acceptors (Lipinski definition) is 3. The zero-order valence-electron chi connectivity index (χ0n) is 10.5. The Hall–Kier alpha value is -1.22. The van der Waals surface area contributed by atoms with Gasteiger partial charge in [-0.15, -0.1) is 0 Å². The van der Waals surface area contributed by atoms with Crippen molar-refractivity contribution in [3.05, 3.63) is 23.8 Å². The van der Waals surface area contributed by atoms with Crippen molar-refractivity contribution in [3.8, 4) is 11.5 Å². The van der Waals surface area contributed by atoms with E-state index in [1.54, 1.807) is 14.2 Å². The lowest BCUT2D eigenvalue weighted by atomic mass is 10.0. The normalized spacial score (nSPS) is 12.2. The summed E-state index contributed by atoms with van der Waals surface area (Å²) in [6.07, 6.45) is 1.03. The van der Waals surface area contributed by atoms with Crippen molar-refractivity contribution in [2.24, 2.45) is 0 Å². The highest BCUT2D eigenvalue weighted by Gasteiger charge is 2.14. The van der Waals surface area contributed by atoms with Crippen LogP contribution in [0.5, 0.6) is 11.5 Å². The van der Waals surface area contributed by atoms with Crippen molar-refractivity contribution < 1.29 is 9.47 Å². The number of benzene rings is 1. The summed E-state index contributed by atoms with van der Waals surface area (Å²) in [5, 5.41) is 3.44. The summed E-state index contributed by atoms with van der Waals surface area (Å²) < 4.78 is 10.6. The number of ether oxygens (including phenoxy) is 2. The van der Waals surface area contributed by atoms with Crippen LogP contribution in [0.4, 0.5) is 0 Å². The van der Waals surface area contributed by atoms with E-state index in [-0.39, 0.29) is 0 Å². The van der Waals surface area contributed by atoms with Gasteiger partial charge in [0, 0.05) is 11.6 Å². The summed E-state index contributed by atoms with van der Waals surface area (Å²) in [7, 11) is 3.38. The van der Waals surface area contributed by atoms with Gasteiger partial charge in [0.15, 0.2) is 0 Å². The molecule has 1 rings (SSSR count). The third-order valence-corrected chi connectivity index (χ3v) is 2.67. The van der Waals surface area contributed by atoms with Gasteiger partial charge >= 0.3 is 0 Å². The molecule has 0 radical (unpaired) electrons. The van der Waals surface area contributed by atoms with Crippen LogP contribution in [-0.4, -0.2) is 20.8 Å². The maximum absolute atomic E-state index is 5.38. The average molecular weight is 223 g/mol. The van der Waals surface area contributed by atoms with Crippen molar-refractivity contribution in [2.75, 3.05) is 20.8 Å². The van der Waals surface area contributed by atoms with Crippen LogP contribution in [-0.2, 0) is 0 Å². The molecule has 0 aliphatic rings. The molecule has 1 unspecified atom stereocenters. The molecule has 1 atom stereocenters. The topological polar surface area (TPSA) is 30.5 Å². The molecule has 0 spiro atoms. The van der Waals surface area contributed by atoms with E-state index in [0.29, 0.717) is 6.04 Å². The van der Waals surface area contributed by atoms with Gasteiger partial charge in [-0.1, -0.05) is 13.8 Å². The van der Waals surface area contributed by atoms with Crippen molar-refractivity contribution in [1.82, 2.24) is 5.32 Å². The van der Waals surface area contributed by atoms with Crippen molar-refractivity contribution >= 4 is 0 Å². The molecule has 90 valence electrons. The first-order valence-electron chi connectivity index (χ1n) is 5.72. The molecule has 0 saturated heterocycles. The summed E-state index contributed by atoms with van der Waals surface area (Å²) in [6.45, 7) is 5.21. The lowest BCUT2D eigenvalue weighted by Crippen LogP contribution is -2.20. The summed E-state index contributed by atoms with van der Waals surface area (Å²) in [5.74, 6) is 1.78. The van der Waals surface area contributed by atoms with Crippen LogP contribution < -0.4 is 14.8 Å². The smallest absolute Gasteiger partial charge is 0.123 e. The predicted molar refractivity (Wildman–Crippen MR) is 66.3 cm³/mol. The zero-order valence-corrected chi connectivity index (χ0v) is 10.5. The zero-order chi connectivity index (χ0) is 12.0. The molecule has 1 aromatic rings. The van der Waals surface area contributed by atoms with Gasteiger partial charge in [-0.05, 0) is 31.2 Å². The molecular weight excluding hydrogens is 202 g/mol. The van der Waals surface area contributed by atoms with Gasteiger partial charge in [-0.3, -0.25) is 0 Å². The van der Waals surface area contributed by atoms with E-state index in [0.717, 1.165) is 30.0 Å². The lowest BCUT2D eigenvalue weighted by molar-refractivity contribution is 0.388. The molecule has 0 fully saturated rings. The third-order valence-electron chi connectivity index (χ3n) is 2.67. The van der Waals surface area contributed by atoms with Gasteiger partial charge in [-0.2, -0.15) is 0 Å². The van der Waals surface area contributed by atoms with Gasteiger partial charge in [0.1, 0.15) is 11.5 Å². The lowest BCUT2D eigenvalue weighted by Gasteiger charge is -2.19. The molecule has 3 nitrogen and oxygen atoms in total. The van der Waals surface area contributed by atoms with Crippen molar-refractivity contribution in [2.45, 2.75) is 26.3 Å². The van der Waals surface area contributed by atoms with E-state index in [2.05, 4.69) is 19.2 Å². The molecular formula is C13H21NO2. The maximum Gasteiger partial charge on any atom is 0.123 e. The first-order valence-corrected chi connectivity index (χ1v) is 5.72. The van der Waals surface area contributed by atoms with Crippen LogP contribution in [0.3, 0.4) is 0 Å². The molecule has 0 aromatic heterocycles. The Morgan fingerprint density at radius 1 is 1.19 bits per heavy atom. The van der Waals surface area contributed by atoms with E-state index in [9.17, 15) is 0 Å². The SMILES string of the molecule is CCNC(CC)c1cc(OC)ccc1OC. The summed E-state index contributed by atoms with van der Waals surface area (Å²) in [4.78, 5) is 0. The molecule has 0 amide bonds. The maximum atomic E-state index is 5.38. The van der Waals surface area contributed by atoms with Gasteiger partial charge in [0.25, 0.3) is 0 Å². The van der Waals surface area contributed by atoms with Crippen LogP contribution in [0.2, 0.25) is 0 Å². The standard InChI is InChI=1S/C13H21NO2/c1-5-12(14-6-2)11-9-10(15-3)7-8-13(11)16-4/h7-9,12,14H,5-6H2,1-4H3. The number of rotatable bonds is 6. The molecule has 0 aliphatic carbocycles. The van der Waals surface area contributed by atoms with Crippen LogP contribution in [0, 0.1) is 0 Å². The van der Waals surface area contributed by atoms with Crippen LogP contribution in [0.15, 0.2) is 18.2 Å². The second kappa shape index (κ2) is 6.38. The van der Waals surface area contributed by atoms with Gasteiger partial charge in [-0.25, -0.2) is 0 Å². The number of nitrogens with one attached hydrogen (secondary N) is 1. The highest BCUT2D eigenvalue weighted by Crippen LogP contribution is 2.30. The minimum absolute atomic E-state index is 0.315. The first kappa shape index (κ1) is 12.8. The Kier molecular flexibility index (Phi) is 5.12. The summed E-state index contributed by atoms with van der Waals surface area (Å²) >= 11 is 0. The molecule has 0 bridgehead atoms. The molecule has 16 heavy (non-hydrogen) atoms. The van der Waals surface area contributed by atoms with Crippen LogP contribution in [0.25, 0.3) is 0 Å². The van der Waals surface area contributed by atoms with E-state index >= 15 is 0 Å². The Morgan fingerprint density at radius 3 is 2.44 bits per heavy atom. The molecule has 1 aromatic carbocycles. The van der Waals surface area contributed by atoms with Gasteiger partial charge in [0.05, 0.1) is 14.2 Å². The molecule has 3 heteroatoms. The molecule has 1 N–H and O–H groups in total. The van der Waals surface area contributed by atoms with Gasteiger partial charge in [0.2, 0.25) is 0 Å². The first-order chi connectivity index (χ1) is 7.76. The Morgan fingerprint density at radius 2 is 1.94 bits per heavy atom. The predicted octanol–water partition coefficient (Wildman–Crippen LogP) is 2.76. The molecule has 0 aliphatic heterocycles. The highest BCUT2D eigenvalue weighted by atomic mass is 16.5. The fourth-order valence-electron chi connectivity index (χ4n) is 1.83. The van der Waals surface area contributed by atoms with Gasteiger partial charge < -0.3 is 14.8 Å².